The Bertz CT molecular complexity index is 742. The summed E-state index contributed by atoms with van der Waals surface area (Å²) in [6, 6.07) is 6.10. The second-order valence-electron chi connectivity index (χ2n) is 4.98. The van der Waals surface area contributed by atoms with Gasteiger partial charge < -0.3 is 5.32 Å². The Labute approximate surface area is 123 Å². The maximum atomic E-state index is 4.68. The van der Waals surface area contributed by atoms with Crippen LogP contribution in [0.4, 0.5) is 5.82 Å². The summed E-state index contributed by atoms with van der Waals surface area (Å²) >= 11 is 0. The van der Waals surface area contributed by atoms with Gasteiger partial charge in [-0.2, -0.15) is 0 Å². The second kappa shape index (κ2) is 5.83. The molecule has 0 aliphatic heterocycles. The molecule has 5 heteroatoms. The molecule has 0 fully saturated rings. The Morgan fingerprint density at radius 2 is 1.81 bits per heavy atom. The molecule has 0 spiro atoms. The van der Waals surface area contributed by atoms with Crippen LogP contribution in [0.15, 0.2) is 43.0 Å². The van der Waals surface area contributed by atoms with Crippen molar-refractivity contribution in [2.45, 2.75) is 26.3 Å². The van der Waals surface area contributed by atoms with Crippen LogP contribution in [-0.4, -0.2) is 26.0 Å². The molecule has 0 aliphatic rings. The van der Waals surface area contributed by atoms with Gasteiger partial charge in [-0.25, -0.2) is 9.97 Å². The quantitative estimate of drug-likeness (QED) is 0.794. The molecule has 3 heterocycles. The first kappa shape index (κ1) is 13.4. The van der Waals surface area contributed by atoms with E-state index in [1.54, 1.807) is 24.8 Å². The minimum Gasteiger partial charge on any atom is -0.367 e. The first-order valence-corrected chi connectivity index (χ1v) is 7.06. The van der Waals surface area contributed by atoms with Crippen molar-refractivity contribution in [3.63, 3.8) is 0 Å². The zero-order valence-corrected chi connectivity index (χ0v) is 12.1. The highest BCUT2D eigenvalue weighted by molar-refractivity contribution is 5.90. The van der Waals surface area contributed by atoms with Crippen molar-refractivity contribution in [2.75, 3.05) is 5.32 Å². The Morgan fingerprint density at radius 3 is 2.57 bits per heavy atom. The number of hydrogen-bond acceptors (Lipinski definition) is 5. The van der Waals surface area contributed by atoms with Crippen LogP contribution < -0.4 is 5.32 Å². The van der Waals surface area contributed by atoms with Crippen molar-refractivity contribution in [2.24, 2.45) is 0 Å². The molecule has 5 nitrogen and oxygen atoms in total. The SMILES string of the molecule is CCC(C)Nc1nc(-c2ccncc2)nc2cnccc12. The monoisotopic (exact) mass is 279 g/mol. The van der Waals surface area contributed by atoms with Crippen molar-refractivity contribution in [3.8, 4) is 11.4 Å². The second-order valence-corrected chi connectivity index (χ2v) is 4.98. The van der Waals surface area contributed by atoms with Crippen LogP contribution in [-0.2, 0) is 0 Å². The molecule has 1 atom stereocenters. The zero-order valence-electron chi connectivity index (χ0n) is 12.1. The van der Waals surface area contributed by atoms with Gasteiger partial charge in [0.15, 0.2) is 5.82 Å². The van der Waals surface area contributed by atoms with Crippen LogP contribution in [0.1, 0.15) is 20.3 Å². The largest absolute Gasteiger partial charge is 0.367 e. The molecule has 0 saturated heterocycles. The Hall–Kier alpha value is -2.56. The van der Waals surface area contributed by atoms with Gasteiger partial charge in [-0.05, 0) is 31.5 Å². The Balaban J connectivity index is 2.15. The molecular formula is C16H17N5. The smallest absolute Gasteiger partial charge is 0.162 e. The van der Waals surface area contributed by atoms with Crippen molar-refractivity contribution < 1.29 is 0 Å². The van der Waals surface area contributed by atoms with Crippen molar-refractivity contribution in [3.05, 3.63) is 43.0 Å². The summed E-state index contributed by atoms with van der Waals surface area (Å²) < 4.78 is 0. The lowest BCUT2D eigenvalue weighted by molar-refractivity contribution is 0.760. The van der Waals surface area contributed by atoms with Crippen molar-refractivity contribution in [1.29, 1.82) is 0 Å². The third-order valence-electron chi connectivity index (χ3n) is 3.43. The van der Waals surface area contributed by atoms with Gasteiger partial charge in [0.1, 0.15) is 5.82 Å². The predicted octanol–water partition coefficient (Wildman–Crippen LogP) is 3.30. The van der Waals surface area contributed by atoms with Crippen molar-refractivity contribution >= 4 is 16.7 Å². The van der Waals surface area contributed by atoms with Gasteiger partial charge in [0.2, 0.25) is 0 Å². The standard InChI is InChI=1S/C16H17N5/c1-3-11(2)19-16-13-6-9-18-10-14(13)20-15(21-16)12-4-7-17-8-5-12/h4-11H,3H2,1-2H3,(H,19,20,21). The predicted molar refractivity (Wildman–Crippen MR) is 83.9 cm³/mol. The summed E-state index contributed by atoms with van der Waals surface area (Å²) in [6.45, 7) is 4.29. The summed E-state index contributed by atoms with van der Waals surface area (Å²) in [6.07, 6.45) is 8.05. The number of anilines is 1. The van der Waals surface area contributed by atoms with Gasteiger partial charge in [0.25, 0.3) is 0 Å². The van der Waals surface area contributed by atoms with Gasteiger partial charge >= 0.3 is 0 Å². The summed E-state index contributed by atoms with van der Waals surface area (Å²) in [5.74, 6) is 1.53. The van der Waals surface area contributed by atoms with E-state index in [0.717, 1.165) is 28.7 Å². The van der Waals surface area contributed by atoms with E-state index in [0.29, 0.717) is 11.9 Å². The van der Waals surface area contributed by atoms with Gasteiger partial charge in [0.05, 0.1) is 11.7 Å². The van der Waals surface area contributed by atoms with E-state index < -0.39 is 0 Å². The lowest BCUT2D eigenvalue weighted by atomic mass is 10.2. The minimum absolute atomic E-state index is 0.349. The third-order valence-corrected chi connectivity index (χ3v) is 3.43. The van der Waals surface area contributed by atoms with E-state index in [9.17, 15) is 0 Å². The topological polar surface area (TPSA) is 63.6 Å². The summed E-state index contributed by atoms with van der Waals surface area (Å²) in [7, 11) is 0. The molecular weight excluding hydrogens is 262 g/mol. The molecule has 0 bridgehead atoms. The molecule has 0 amide bonds. The highest BCUT2D eigenvalue weighted by Crippen LogP contribution is 2.24. The molecule has 0 aromatic carbocycles. The van der Waals surface area contributed by atoms with Gasteiger partial charge in [-0.3, -0.25) is 9.97 Å². The van der Waals surface area contributed by atoms with Gasteiger partial charge in [0, 0.05) is 35.6 Å². The number of hydrogen-bond donors (Lipinski definition) is 1. The number of aromatic nitrogens is 4. The molecule has 106 valence electrons. The molecule has 1 unspecified atom stereocenters. The number of nitrogens with one attached hydrogen (secondary N) is 1. The summed E-state index contributed by atoms with van der Waals surface area (Å²) in [5.41, 5.74) is 1.79. The van der Waals surface area contributed by atoms with Crippen LogP contribution in [0.3, 0.4) is 0 Å². The van der Waals surface area contributed by atoms with Gasteiger partial charge in [-0.1, -0.05) is 6.92 Å². The first-order chi connectivity index (χ1) is 10.3. The van der Waals surface area contributed by atoms with E-state index in [1.807, 2.05) is 18.2 Å². The average Bonchev–Trinajstić information content (AvgIpc) is 2.55. The molecule has 0 aliphatic carbocycles. The lowest BCUT2D eigenvalue weighted by Crippen LogP contribution is -2.15. The summed E-state index contributed by atoms with van der Waals surface area (Å²) in [4.78, 5) is 17.5. The maximum absolute atomic E-state index is 4.68. The fraction of sp³-hybridized carbons (Fsp3) is 0.250. The molecule has 21 heavy (non-hydrogen) atoms. The minimum atomic E-state index is 0.349. The van der Waals surface area contributed by atoms with E-state index >= 15 is 0 Å². The highest BCUT2D eigenvalue weighted by Gasteiger charge is 2.10. The lowest BCUT2D eigenvalue weighted by Gasteiger charge is -2.15. The third kappa shape index (κ3) is 2.81. The molecule has 3 aromatic rings. The molecule has 1 N–H and O–H groups in total. The van der Waals surface area contributed by atoms with Crippen LogP contribution in [0.5, 0.6) is 0 Å². The van der Waals surface area contributed by atoms with Crippen LogP contribution >= 0.6 is 0 Å². The van der Waals surface area contributed by atoms with Gasteiger partial charge in [-0.15, -0.1) is 0 Å². The van der Waals surface area contributed by atoms with E-state index in [2.05, 4.69) is 39.1 Å². The first-order valence-electron chi connectivity index (χ1n) is 7.06. The van der Waals surface area contributed by atoms with E-state index in [-0.39, 0.29) is 0 Å². The fourth-order valence-electron chi connectivity index (χ4n) is 2.06. The zero-order chi connectivity index (χ0) is 14.7. The van der Waals surface area contributed by atoms with Crippen LogP contribution in [0, 0.1) is 0 Å². The molecule has 3 rings (SSSR count). The Kier molecular flexibility index (Phi) is 3.73. The van der Waals surface area contributed by atoms with E-state index in [1.165, 1.54) is 0 Å². The number of pyridine rings is 2. The summed E-state index contributed by atoms with van der Waals surface area (Å²) in [5, 5.41) is 4.44. The highest BCUT2D eigenvalue weighted by atomic mass is 15.1. The Morgan fingerprint density at radius 1 is 1.05 bits per heavy atom. The number of nitrogens with zero attached hydrogens (tertiary/aromatic N) is 4. The molecule has 0 saturated carbocycles. The van der Waals surface area contributed by atoms with Crippen LogP contribution in [0.2, 0.25) is 0 Å². The van der Waals surface area contributed by atoms with Crippen molar-refractivity contribution in [1.82, 2.24) is 19.9 Å². The normalized spacial score (nSPS) is 12.3. The van der Waals surface area contributed by atoms with E-state index in [4.69, 9.17) is 0 Å². The number of rotatable bonds is 4. The number of fused-ring (bicyclic) bond motifs is 1. The van der Waals surface area contributed by atoms with Crippen LogP contribution in [0.25, 0.3) is 22.3 Å². The molecule has 0 radical (unpaired) electrons. The average molecular weight is 279 g/mol. The maximum Gasteiger partial charge on any atom is 0.162 e. The fourth-order valence-corrected chi connectivity index (χ4v) is 2.06. The molecule has 3 aromatic heterocycles.